The first kappa shape index (κ1) is 18.8. The molecule has 1 heterocycles. The number of ether oxygens (including phenoxy) is 1. The summed E-state index contributed by atoms with van der Waals surface area (Å²) in [6.07, 6.45) is -2.12. The number of hydrogen-bond acceptors (Lipinski definition) is 3. The van der Waals surface area contributed by atoms with Crippen molar-refractivity contribution in [2.24, 2.45) is 0 Å². The third-order valence-electron chi connectivity index (χ3n) is 4.05. The van der Waals surface area contributed by atoms with E-state index in [1.54, 1.807) is 23.9 Å². The maximum atomic E-state index is 12.6. The van der Waals surface area contributed by atoms with Gasteiger partial charge in [0.2, 0.25) is 0 Å². The van der Waals surface area contributed by atoms with Crippen molar-refractivity contribution >= 4 is 23.4 Å². The molecule has 2 aromatic carbocycles. The van der Waals surface area contributed by atoms with Gasteiger partial charge in [-0.3, -0.25) is 4.79 Å². The molecule has 1 aliphatic rings. The number of anilines is 1. The number of carbonyl (C=O) groups excluding carboxylic acids is 1. The van der Waals surface area contributed by atoms with E-state index in [1.165, 1.54) is 12.1 Å². The zero-order valence-electron chi connectivity index (χ0n) is 13.9. The van der Waals surface area contributed by atoms with Gasteiger partial charge in [-0.15, -0.1) is 11.8 Å². The molecule has 1 amide bonds. The van der Waals surface area contributed by atoms with Gasteiger partial charge in [0.25, 0.3) is 5.91 Å². The second-order valence-corrected chi connectivity index (χ2v) is 7.03. The van der Waals surface area contributed by atoms with Crippen LogP contribution in [-0.2, 0) is 10.9 Å². The Hall–Kier alpha value is -1.99. The molecule has 1 N–H and O–H groups in total. The molecule has 7 heteroatoms. The largest absolute Gasteiger partial charge is 0.416 e. The summed E-state index contributed by atoms with van der Waals surface area (Å²) in [5.74, 6) is 0.421. The van der Waals surface area contributed by atoms with Gasteiger partial charge in [-0.2, -0.15) is 13.2 Å². The van der Waals surface area contributed by atoms with Crippen molar-refractivity contribution in [1.82, 2.24) is 0 Å². The molecule has 0 radical (unpaired) electrons. The highest BCUT2D eigenvalue weighted by molar-refractivity contribution is 7.99. The number of rotatable bonds is 5. The second-order valence-electron chi connectivity index (χ2n) is 5.97. The molecule has 0 spiro atoms. The molecular weight excluding hydrogens is 363 g/mol. The number of alkyl halides is 3. The van der Waals surface area contributed by atoms with Crippen LogP contribution in [0.25, 0.3) is 0 Å². The summed E-state index contributed by atoms with van der Waals surface area (Å²) < 4.78 is 43.4. The van der Waals surface area contributed by atoms with E-state index in [9.17, 15) is 18.0 Å². The van der Waals surface area contributed by atoms with E-state index in [1.807, 2.05) is 12.1 Å². The van der Waals surface area contributed by atoms with Crippen molar-refractivity contribution in [2.75, 3.05) is 17.7 Å². The molecule has 3 nitrogen and oxygen atoms in total. The second kappa shape index (κ2) is 8.14. The number of thioether (sulfide) groups is 1. The fourth-order valence-corrected chi connectivity index (χ4v) is 3.80. The lowest BCUT2D eigenvalue weighted by Crippen LogP contribution is -2.14. The number of halogens is 3. The Morgan fingerprint density at radius 2 is 1.88 bits per heavy atom. The SMILES string of the molecule is O=C(Nc1ccc(C(F)(F)F)cc1)c1ccccc1SC[C@H]1CCCO1. The standard InChI is InChI=1S/C19H18F3NO2S/c20-19(21,22)13-7-9-14(10-8-13)23-18(24)16-5-1-2-6-17(16)26-12-15-4-3-11-25-15/h1-2,5-10,15H,3-4,11-12H2,(H,23,24)/t15-/m1/s1. The van der Waals surface area contributed by atoms with Crippen molar-refractivity contribution in [3.8, 4) is 0 Å². The first-order valence-electron chi connectivity index (χ1n) is 8.25. The van der Waals surface area contributed by atoms with Crippen LogP contribution in [-0.4, -0.2) is 24.4 Å². The minimum absolute atomic E-state index is 0.200. The van der Waals surface area contributed by atoms with Gasteiger partial charge >= 0.3 is 6.18 Å². The zero-order valence-corrected chi connectivity index (χ0v) is 14.7. The van der Waals surface area contributed by atoms with Gasteiger partial charge in [0.1, 0.15) is 0 Å². The fourth-order valence-electron chi connectivity index (χ4n) is 2.68. The zero-order chi connectivity index (χ0) is 18.6. The van der Waals surface area contributed by atoms with Gasteiger partial charge in [0.15, 0.2) is 0 Å². The molecule has 0 unspecified atom stereocenters. The Kier molecular flexibility index (Phi) is 5.88. The molecule has 2 aromatic rings. The van der Waals surface area contributed by atoms with Crippen LogP contribution in [0, 0.1) is 0 Å². The molecule has 0 saturated carbocycles. The summed E-state index contributed by atoms with van der Waals surface area (Å²) in [4.78, 5) is 13.4. The first-order chi connectivity index (χ1) is 12.4. The summed E-state index contributed by atoms with van der Waals surface area (Å²) in [5, 5.41) is 2.65. The van der Waals surface area contributed by atoms with E-state index in [0.29, 0.717) is 11.3 Å². The minimum Gasteiger partial charge on any atom is -0.377 e. The number of nitrogens with one attached hydrogen (secondary N) is 1. The average Bonchev–Trinajstić information content (AvgIpc) is 3.13. The Bertz CT molecular complexity index is 756. The van der Waals surface area contributed by atoms with Crippen LogP contribution in [0.3, 0.4) is 0 Å². The Morgan fingerprint density at radius 3 is 2.54 bits per heavy atom. The number of hydrogen-bond donors (Lipinski definition) is 1. The normalized spacial score (nSPS) is 17.3. The third-order valence-corrected chi connectivity index (χ3v) is 5.26. The van der Waals surface area contributed by atoms with E-state index in [4.69, 9.17) is 4.74 Å². The van der Waals surface area contributed by atoms with Gasteiger partial charge in [-0.05, 0) is 49.2 Å². The van der Waals surface area contributed by atoms with Crippen LogP contribution in [0.1, 0.15) is 28.8 Å². The lowest BCUT2D eigenvalue weighted by atomic mass is 10.1. The summed E-state index contributed by atoms with van der Waals surface area (Å²) in [6, 6.07) is 11.6. The molecule has 1 aliphatic heterocycles. The van der Waals surface area contributed by atoms with Crippen LogP contribution >= 0.6 is 11.8 Å². The molecule has 1 saturated heterocycles. The van der Waals surface area contributed by atoms with Gasteiger partial charge in [0.05, 0.1) is 17.2 Å². The molecular formula is C19H18F3NO2S. The third kappa shape index (κ3) is 4.80. The molecule has 0 aromatic heterocycles. The Morgan fingerprint density at radius 1 is 1.15 bits per heavy atom. The molecule has 1 fully saturated rings. The quantitative estimate of drug-likeness (QED) is 0.721. The molecule has 1 atom stereocenters. The van der Waals surface area contributed by atoms with Crippen molar-refractivity contribution in [3.63, 3.8) is 0 Å². The smallest absolute Gasteiger partial charge is 0.377 e. The van der Waals surface area contributed by atoms with Crippen LogP contribution in [0.15, 0.2) is 53.4 Å². The highest BCUT2D eigenvalue weighted by atomic mass is 32.2. The monoisotopic (exact) mass is 381 g/mol. The number of amides is 1. The highest BCUT2D eigenvalue weighted by Crippen LogP contribution is 2.30. The average molecular weight is 381 g/mol. The van der Waals surface area contributed by atoms with Crippen molar-refractivity contribution < 1.29 is 22.7 Å². The van der Waals surface area contributed by atoms with Gasteiger partial charge in [-0.25, -0.2) is 0 Å². The van der Waals surface area contributed by atoms with Gasteiger partial charge in [0, 0.05) is 22.9 Å². The summed E-state index contributed by atoms with van der Waals surface area (Å²) >= 11 is 1.55. The summed E-state index contributed by atoms with van der Waals surface area (Å²) in [6.45, 7) is 0.779. The summed E-state index contributed by atoms with van der Waals surface area (Å²) in [5.41, 5.74) is 0.0698. The lowest BCUT2D eigenvalue weighted by molar-refractivity contribution is -0.137. The minimum atomic E-state index is -4.39. The maximum absolute atomic E-state index is 12.6. The Balaban J connectivity index is 1.67. The molecule has 0 bridgehead atoms. The molecule has 3 rings (SSSR count). The van der Waals surface area contributed by atoms with E-state index in [2.05, 4.69) is 5.32 Å². The van der Waals surface area contributed by atoms with Crippen molar-refractivity contribution in [3.05, 3.63) is 59.7 Å². The van der Waals surface area contributed by atoms with Crippen LogP contribution in [0.5, 0.6) is 0 Å². The summed E-state index contributed by atoms with van der Waals surface area (Å²) in [7, 11) is 0. The molecule has 0 aliphatic carbocycles. The van der Waals surface area contributed by atoms with Crippen molar-refractivity contribution in [1.29, 1.82) is 0 Å². The predicted octanol–water partition coefficient (Wildman–Crippen LogP) is 5.23. The first-order valence-corrected chi connectivity index (χ1v) is 9.24. The highest BCUT2D eigenvalue weighted by Gasteiger charge is 2.30. The Labute approximate surface area is 153 Å². The van der Waals surface area contributed by atoms with E-state index >= 15 is 0 Å². The van der Waals surface area contributed by atoms with E-state index in [-0.39, 0.29) is 12.0 Å². The van der Waals surface area contributed by atoms with Crippen LogP contribution in [0.2, 0.25) is 0 Å². The van der Waals surface area contributed by atoms with Crippen LogP contribution in [0.4, 0.5) is 18.9 Å². The number of carbonyl (C=O) groups is 1. The molecule has 138 valence electrons. The number of benzene rings is 2. The lowest BCUT2D eigenvalue weighted by Gasteiger charge is -2.13. The van der Waals surface area contributed by atoms with E-state index < -0.39 is 11.7 Å². The maximum Gasteiger partial charge on any atom is 0.416 e. The van der Waals surface area contributed by atoms with Crippen molar-refractivity contribution in [2.45, 2.75) is 30.0 Å². The fraction of sp³-hybridized carbons (Fsp3) is 0.316. The van der Waals surface area contributed by atoms with E-state index in [0.717, 1.165) is 42.2 Å². The molecule has 26 heavy (non-hydrogen) atoms. The predicted molar refractivity (Wildman–Crippen MR) is 95.5 cm³/mol. The van der Waals surface area contributed by atoms with Gasteiger partial charge < -0.3 is 10.1 Å². The van der Waals surface area contributed by atoms with Crippen LogP contribution < -0.4 is 5.32 Å². The van der Waals surface area contributed by atoms with Gasteiger partial charge in [-0.1, -0.05) is 12.1 Å². The topological polar surface area (TPSA) is 38.3 Å².